The SMILES string of the molecule is Cc1nc(C)c(CC2(C(=O)NCC(=O)O)C(=O)Nc3ccccc3C2=O)s1. The molecule has 1 atom stereocenters. The first-order valence-corrected chi connectivity index (χ1v) is 8.95. The number of ketones is 1. The summed E-state index contributed by atoms with van der Waals surface area (Å²) in [5.41, 5.74) is -0.928. The average molecular weight is 387 g/mol. The number of carboxylic acids is 1. The van der Waals surface area contributed by atoms with Crippen molar-refractivity contribution in [1.82, 2.24) is 10.3 Å². The summed E-state index contributed by atoms with van der Waals surface area (Å²) in [6, 6.07) is 6.41. The molecule has 9 heteroatoms. The van der Waals surface area contributed by atoms with Crippen molar-refractivity contribution in [2.45, 2.75) is 20.3 Å². The molecule has 0 aliphatic carbocycles. The fourth-order valence-corrected chi connectivity index (χ4v) is 4.11. The number of nitrogens with one attached hydrogen (secondary N) is 2. The van der Waals surface area contributed by atoms with Gasteiger partial charge >= 0.3 is 5.97 Å². The lowest BCUT2D eigenvalue weighted by atomic mass is 9.72. The van der Waals surface area contributed by atoms with E-state index in [-0.39, 0.29) is 12.0 Å². The van der Waals surface area contributed by atoms with Crippen molar-refractivity contribution in [2.75, 3.05) is 11.9 Å². The number of Topliss-reactive ketones (excluding diaryl/α,β-unsaturated/α-hetero) is 1. The number of amides is 2. The lowest BCUT2D eigenvalue weighted by molar-refractivity contribution is -0.142. The molecule has 0 saturated heterocycles. The smallest absolute Gasteiger partial charge is 0.322 e. The van der Waals surface area contributed by atoms with Crippen LogP contribution in [0, 0.1) is 19.3 Å². The first-order valence-electron chi connectivity index (χ1n) is 8.14. The van der Waals surface area contributed by atoms with Crippen LogP contribution in [0.1, 0.15) is 25.9 Å². The van der Waals surface area contributed by atoms with Gasteiger partial charge in [0, 0.05) is 16.9 Å². The summed E-state index contributed by atoms with van der Waals surface area (Å²) < 4.78 is 0. The zero-order valence-electron chi connectivity index (χ0n) is 14.7. The van der Waals surface area contributed by atoms with Crippen LogP contribution in [0.15, 0.2) is 24.3 Å². The largest absolute Gasteiger partial charge is 0.480 e. The first kappa shape index (κ1) is 18.7. The van der Waals surface area contributed by atoms with Gasteiger partial charge in [0.05, 0.1) is 16.4 Å². The molecule has 3 N–H and O–H groups in total. The van der Waals surface area contributed by atoms with Gasteiger partial charge < -0.3 is 15.7 Å². The molecule has 2 heterocycles. The predicted molar refractivity (Wildman–Crippen MR) is 97.8 cm³/mol. The minimum absolute atomic E-state index is 0.186. The van der Waals surface area contributed by atoms with Crippen LogP contribution in [-0.4, -0.2) is 40.2 Å². The Bertz CT molecular complexity index is 968. The van der Waals surface area contributed by atoms with Crippen LogP contribution in [0.4, 0.5) is 5.69 Å². The average Bonchev–Trinajstić information content (AvgIpc) is 2.93. The molecule has 1 aromatic heterocycles. The molecule has 27 heavy (non-hydrogen) atoms. The fraction of sp³-hybridized carbons (Fsp3) is 0.278. The molecule has 140 valence electrons. The maximum Gasteiger partial charge on any atom is 0.322 e. The van der Waals surface area contributed by atoms with Crippen LogP contribution in [0.5, 0.6) is 0 Å². The minimum Gasteiger partial charge on any atom is -0.480 e. The number of aliphatic carboxylic acids is 1. The van der Waals surface area contributed by atoms with Crippen molar-refractivity contribution < 1.29 is 24.3 Å². The third-order valence-corrected chi connectivity index (χ3v) is 5.48. The van der Waals surface area contributed by atoms with Gasteiger partial charge in [-0.1, -0.05) is 12.1 Å². The maximum atomic E-state index is 13.3. The standard InChI is InChI=1S/C18H17N3O5S/c1-9-13(27-10(2)20-9)7-18(16(25)19-8-14(22)23)15(24)11-5-3-4-6-12(11)21-17(18)26/h3-6H,7-8H2,1-2H3,(H,19,25)(H,21,26)(H,22,23). The number of hydrogen-bond donors (Lipinski definition) is 3. The second-order valence-electron chi connectivity index (χ2n) is 6.23. The van der Waals surface area contributed by atoms with Crippen molar-refractivity contribution in [2.24, 2.45) is 5.41 Å². The molecule has 1 aromatic carbocycles. The number of anilines is 1. The molecule has 0 spiro atoms. The van der Waals surface area contributed by atoms with Crippen LogP contribution in [0.3, 0.4) is 0 Å². The number of hydrogen-bond acceptors (Lipinski definition) is 6. The highest BCUT2D eigenvalue weighted by Gasteiger charge is 2.56. The van der Waals surface area contributed by atoms with E-state index in [9.17, 15) is 19.2 Å². The summed E-state index contributed by atoms with van der Waals surface area (Å²) in [7, 11) is 0. The quantitative estimate of drug-likeness (QED) is 0.665. The van der Waals surface area contributed by atoms with Crippen molar-refractivity contribution in [1.29, 1.82) is 0 Å². The second-order valence-corrected chi connectivity index (χ2v) is 7.52. The van der Waals surface area contributed by atoms with Crippen LogP contribution in [-0.2, 0) is 20.8 Å². The van der Waals surface area contributed by atoms with E-state index in [0.29, 0.717) is 16.3 Å². The van der Waals surface area contributed by atoms with Crippen molar-refractivity contribution in [3.05, 3.63) is 45.4 Å². The van der Waals surface area contributed by atoms with Crippen LogP contribution in [0.2, 0.25) is 0 Å². The Hall–Kier alpha value is -3.07. The number of carbonyl (C=O) groups excluding carboxylic acids is 3. The van der Waals surface area contributed by atoms with E-state index >= 15 is 0 Å². The van der Waals surface area contributed by atoms with Gasteiger partial charge in [-0.05, 0) is 26.0 Å². The molecule has 0 fully saturated rings. The topological polar surface area (TPSA) is 125 Å². The molecule has 1 unspecified atom stereocenters. The molecule has 2 amide bonds. The number of fused-ring (bicyclic) bond motifs is 1. The summed E-state index contributed by atoms with van der Waals surface area (Å²) in [5.74, 6) is -3.64. The molecule has 8 nitrogen and oxygen atoms in total. The fourth-order valence-electron chi connectivity index (χ4n) is 3.08. The minimum atomic E-state index is -2.09. The number of carbonyl (C=O) groups is 4. The van der Waals surface area contributed by atoms with E-state index in [2.05, 4.69) is 15.6 Å². The Morgan fingerprint density at radius 1 is 1.26 bits per heavy atom. The number of nitrogens with zero attached hydrogens (tertiary/aromatic N) is 1. The number of aryl methyl sites for hydroxylation is 2. The number of para-hydroxylation sites is 1. The van der Waals surface area contributed by atoms with Gasteiger partial charge in [-0.15, -0.1) is 11.3 Å². The van der Waals surface area contributed by atoms with E-state index in [0.717, 1.165) is 5.01 Å². The molecule has 1 aliphatic rings. The Morgan fingerprint density at radius 2 is 1.96 bits per heavy atom. The van der Waals surface area contributed by atoms with Gasteiger partial charge in [-0.25, -0.2) is 4.98 Å². The maximum absolute atomic E-state index is 13.3. The number of thiazole rings is 1. The highest BCUT2D eigenvalue weighted by molar-refractivity contribution is 7.11. The lowest BCUT2D eigenvalue weighted by Crippen LogP contribution is -2.58. The van der Waals surface area contributed by atoms with Gasteiger partial charge in [0.1, 0.15) is 6.54 Å². The summed E-state index contributed by atoms with van der Waals surface area (Å²) in [5, 5.41) is 14.4. The highest BCUT2D eigenvalue weighted by atomic mass is 32.1. The second kappa shape index (κ2) is 6.92. The molecule has 0 radical (unpaired) electrons. The summed E-state index contributed by atoms with van der Waals surface area (Å²) in [4.78, 5) is 54.9. The third kappa shape index (κ3) is 3.21. The van der Waals surface area contributed by atoms with Crippen molar-refractivity contribution in [3.63, 3.8) is 0 Å². The van der Waals surface area contributed by atoms with E-state index in [1.165, 1.54) is 17.4 Å². The first-order chi connectivity index (χ1) is 12.8. The predicted octanol–water partition coefficient (Wildman–Crippen LogP) is 1.32. The zero-order valence-corrected chi connectivity index (χ0v) is 15.5. The number of carboxylic acid groups (broad SMARTS) is 1. The Morgan fingerprint density at radius 3 is 2.59 bits per heavy atom. The number of benzene rings is 1. The summed E-state index contributed by atoms with van der Waals surface area (Å²) in [6.07, 6.45) is -0.186. The van der Waals surface area contributed by atoms with Gasteiger partial charge in [0.15, 0.2) is 11.2 Å². The molecular weight excluding hydrogens is 370 g/mol. The van der Waals surface area contributed by atoms with E-state index in [1.807, 2.05) is 0 Å². The van der Waals surface area contributed by atoms with Gasteiger partial charge in [-0.2, -0.15) is 0 Å². The van der Waals surface area contributed by atoms with Crippen LogP contribution >= 0.6 is 11.3 Å². The van der Waals surface area contributed by atoms with E-state index in [1.54, 1.807) is 32.0 Å². The van der Waals surface area contributed by atoms with E-state index < -0.39 is 35.5 Å². The Kier molecular flexibility index (Phi) is 4.79. The molecule has 1 aliphatic heterocycles. The third-order valence-electron chi connectivity index (χ3n) is 4.41. The normalized spacial score (nSPS) is 18.6. The molecule has 0 bridgehead atoms. The number of aromatic nitrogens is 1. The molecular formula is C18H17N3O5S. The molecule has 3 rings (SSSR count). The van der Waals surface area contributed by atoms with Crippen molar-refractivity contribution in [3.8, 4) is 0 Å². The lowest BCUT2D eigenvalue weighted by Gasteiger charge is -2.34. The molecule has 0 saturated carbocycles. The van der Waals surface area contributed by atoms with Crippen molar-refractivity contribution >= 4 is 40.6 Å². The summed E-state index contributed by atoms with van der Waals surface area (Å²) >= 11 is 1.29. The zero-order chi connectivity index (χ0) is 19.8. The molecule has 2 aromatic rings. The number of rotatable bonds is 5. The monoisotopic (exact) mass is 387 g/mol. The van der Waals surface area contributed by atoms with Crippen LogP contribution < -0.4 is 10.6 Å². The highest BCUT2D eigenvalue weighted by Crippen LogP contribution is 2.38. The van der Waals surface area contributed by atoms with Crippen LogP contribution in [0.25, 0.3) is 0 Å². The Balaban J connectivity index is 2.11. The summed E-state index contributed by atoms with van der Waals surface area (Å²) in [6.45, 7) is 2.83. The Labute approximate surface area is 158 Å². The van der Waals surface area contributed by atoms with Gasteiger partial charge in [0.2, 0.25) is 11.8 Å². The van der Waals surface area contributed by atoms with Gasteiger partial charge in [-0.3, -0.25) is 19.2 Å². The van der Waals surface area contributed by atoms with Gasteiger partial charge in [0.25, 0.3) is 0 Å². The van der Waals surface area contributed by atoms with E-state index in [4.69, 9.17) is 5.11 Å².